The molecule has 8 aromatic carbocycles. The third-order valence-corrected chi connectivity index (χ3v) is 20.9. The first-order chi connectivity index (χ1) is 44.7. The summed E-state index contributed by atoms with van der Waals surface area (Å²) in [4.78, 5) is 26.6. The molecular weight excluding hydrogens is 1250 g/mol. The van der Waals surface area contributed by atoms with E-state index in [2.05, 4.69) is 38.0 Å². The SMILES string of the molecule is CNC(=O)c1c(-c2ccc(F)cc2)oc2cc(N(C)S(C)(=O)=O)c(-c3ccc4c(c3)-c3c(Cl)c5ccccc5n3C(C3CC3)O4)cc12.CNC(=O)c1c(-c2ccc(F)cc2)oc2cc(N(C)S(C)(=O)=O)c(-c3ccc4c(c3)-c3cc5ccccc5n3C(C3CC3)O4)cc12. The molecule has 2 atom stereocenters. The molecule has 2 unspecified atom stereocenters. The highest BCUT2D eigenvalue weighted by molar-refractivity contribution is 7.92. The number of anilines is 2. The van der Waals surface area contributed by atoms with Crippen LogP contribution in [0.25, 0.3) is 111 Å². The molecule has 16 rings (SSSR count). The molecular formula is C72H59ClF2N6O10S2. The first kappa shape index (κ1) is 59.4. The van der Waals surface area contributed by atoms with Gasteiger partial charge in [-0.1, -0.05) is 60.1 Å². The molecule has 6 heterocycles. The molecule has 4 aromatic heterocycles. The second-order valence-electron chi connectivity index (χ2n) is 24.1. The number of furan rings is 2. The Balaban J connectivity index is 0.000000154. The van der Waals surface area contributed by atoms with Crippen LogP contribution in [0.2, 0.25) is 5.02 Å². The van der Waals surface area contributed by atoms with Gasteiger partial charge in [-0.15, -0.1) is 0 Å². The summed E-state index contributed by atoms with van der Waals surface area (Å²) in [6, 6.07) is 48.2. The average molecular weight is 1310 g/mol. The van der Waals surface area contributed by atoms with E-state index in [1.54, 1.807) is 36.4 Å². The van der Waals surface area contributed by atoms with Gasteiger partial charge in [0.15, 0.2) is 12.5 Å². The monoisotopic (exact) mass is 1300 g/mol. The lowest BCUT2D eigenvalue weighted by molar-refractivity contribution is 0.0956. The molecule has 2 aliphatic carbocycles. The van der Waals surface area contributed by atoms with Crippen molar-refractivity contribution < 1.29 is 53.5 Å². The molecule has 12 aromatic rings. The summed E-state index contributed by atoms with van der Waals surface area (Å²) in [6.07, 6.45) is 6.35. The summed E-state index contributed by atoms with van der Waals surface area (Å²) in [5.74, 6) is 1.15. The summed E-state index contributed by atoms with van der Waals surface area (Å²) in [6.45, 7) is 0. The number of halogens is 3. The molecule has 16 nitrogen and oxygen atoms in total. The average Bonchev–Trinajstić information content (AvgIpc) is 1.62. The predicted octanol–water partition coefficient (Wildman–Crippen LogP) is 15.8. The zero-order valence-electron chi connectivity index (χ0n) is 51.0. The van der Waals surface area contributed by atoms with Crippen LogP contribution in [-0.2, 0) is 20.0 Å². The minimum absolute atomic E-state index is 0.0949. The standard InChI is InChI=1S/C36H29ClFN3O5S.C36H30FN3O5S/c1-39-35(42)31-25-17-24(28(40(2)47(3,43)44)18-30(25)45-34(31)19-10-13-22(38)14-11-19)21-12-15-29-26(16-21)33-32(37)23-6-4-5-7-27(23)41(33)36(46-29)20-8-9-20;1-38-35(41)33-27-18-25(29(39(2)46(3,42)43)19-32(27)44-34(33)20-10-13-24(37)14-11-20)22-12-15-31-26(16-22)30-17-23-6-4-5-7-28(23)40(30)36(45-31)21-8-9-21/h4-7,10-18,20,36H,8-9H2,1-3H3,(H,39,42);4-7,10-19,21,36H,8-9H2,1-3H3,(H,38,41). The Bertz CT molecular complexity index is 5360. The van der Waals surface area contributed by atoms with E-state index >= 15 is 0 Å². The van der Waals surface area contributed by atoms with E-state index in [1.807, 2.05) is 72.8 Å². The van der Waals surface area contributed by atoms with E-state index in [0.717, 1.165) is 93.8 Å². The minimum Gasteiger partial charge on any atom is -0.469 e. The second-order valence-corrected chi connectivity index (χ2v) is 28.5. The van der Waals surface area contributed by atoms with Gasteiger partial charge in [0, 0.05) is 107 Å². The second kappa shape index (κ2) is 22.2. The number of fused-ring (bicyclic) bond motifs is 12. The minimum atomic E-state index is -3.72. The van der Waals surface area contributed by atoms with Gasteiger partial charge >= 0.3 is 0 Å². The zero-order chi connectivity index (χ0) is 64.7. The number of benzene rings is 8. The zero-order valence-corrected chi connectivity index (χ0v) is 53.4. The number of para-hydroxylation sites is 2. The summed E-state index contributed by atoms with van der Waals surface area (Å²) in [7, 11) is -1.40. The van der Waals surface area contributed by atoms with Crippen molar-refractivity contribution >= 4 is 98.6 Å². The fourth-order valence-corrected chi connectivity index (χ4v) is 14.4. The lowest BCUT2D eigenvalue weighted by Crippen LogP contribution is -2.25. The van der Waals surface area contributed by atoms with Crippen LogP contribution >= 0.6 is 11.6 Å². The van der Waals surface area contributed by atoms with Gasteiger partial charge in [0.2, 0.25) is 20.0 Å². The largest absolute Gasteiger partial charge is 0.469 e. The molecule has 0 spiro atoms. The van der Waals surface area contributed by atoms with E-state index in [-0.39, 0.29) is 41.0 Å². The van der Waals surface area contributed by atoms with Crippen molar-refractivity contribution in [3.05, 3.63) is 192 Å². The molecule has 2 saturated carbocycles. The van der Waals surface area contributed by atoms with Gasteiger partial charge in [0.05, 0.1) is 62.5 Å². The van der Waals surface area contributed by atoms with Gasteiger partial charge in [-0.05, 0) is 140 Å². The highest BCUT2D eigenvalue weighted by Gasteiger charge is 2.42. The van der Waals surface area contributed by atoms with E-state index in [1.165, 1.54) is 73.2 Å². The van der Waals surface area contributed by atoms with Gasteiger partial charge in [-0.3, -0.25) is 18.2 Å². The molecule has 21 heteroatoms. The van der Waals surface area contributed by atoms with Crippen LogP contribution in [0.4, 0.5) is 20.2 Å². The number of ether oxygens (including phenoxy) is 2. The topological polar surface area (TPSA) is 188 Å². The normalized spacial score (nSPS) is 15.8. The fourth-order valence-electron chi connectivity index (χ4n) is 13.0. The molecule has 0 radical (unpaired) electrons. The Morgan fingerprint density at radius 1 is 0.516 bits per heavy atom. The lowest BCUT2D eigenvalue weighted by Gasteiger charge is -2.31. The summed E-state index contributed by atoms with van der Waals surface area (Å²) in [5, 5.41) is 9.00. The smallest absolute Gasteiger partial charge is 0.255 e. The number of nitrogens with zero attached hydrogens (tertiary/aromatic N) is 4. The first-order valence-electron chi connectivity index (χ1n) is 30.2. The quantitative estimate of drug-likeness (QED) is 0.119. The number of aromatic nitrogens is 2. The van der Waals surface area contributed by atoms with Crippen molar-refractivity contribution in [1.29, 1.82) is 0 Å². The van der Waals surface area contributed by atoms with E-state index in [9.17, 15) is 35.2 Å². The van der Waals surface area contributed by atoms with Crippen LogP contribution in [0.3, 0.4) is 0 Å². The highest BCUT2D eigenvalue weighted by atomic mass is 35.5. The van der Waals surface area contributed by atoms with Crippen LogP contribution in [0.1, 0.15) is 58.9 Å². The van der Waals surface area contributed by atoms with Gasteiger partial charge in [-0.2, -0.15) is 0 Å². The number of nitrogens with one attached hydrogen (secondary N) is 2. The molecule has 2 aliphatic heterocycles. The van der Waals surface area contributed by atoms with Crippen LogP contribution in [-0.4, -0.2) is 78.5 Å². The summed E-state index contributed by atoms with van der Waals surface area (Å²) >= 11 is 7.11. The van der Waals surface area contributed by atoms with Crippen molar-refractivity contribution in [2.75, 3.05) is 49.3 Å². The maximum atomic E-state index is 13.8. The first-order valence-corrected chi connectivity index (χ1v) is 34.3. The molecule has 4 aliphatic rings. The Hall–Kier alpha value is -9.89. The molecule has 0 bridgehead atoms. The Labute approximate surface area is 538 Å². The maximum absolute atomic E-state index is 13.8. The number of amides is 2. The highest BCUT2D eigenvalue weighted by Crippen LogP contribution is 2.55. The third kappa shape index (κ3) is 10.1. The maximum Gasteiger partial charge on any atom is 0.255 e. The summed E-state index contributed by atoms with van der Waals surface area (Å²) < 4.78 is 112. The van der Waals surface area contributed by atoms with Gasteiger partial charge < -0.3 is 38.1 Å². The number of hydrogen-bond donors (Lipinski definition) is 2. The van der Waals surface area contributed by atoms with Crippen molar-refractivity contribution in [3.63, 3.8) is 0 Å². The number of sulfonamides is 2. The molecule has 2 N–H and O–H groups in total. The number of rotatable bonds is 12. The number of carbonyl (C=O) groups excluding carboxylic acids is 2. The Kier molecular flexibility index (Phi) is 14.2. The third-order valence-electron chi connectivity index (χ3n) is 18.2. The lowest BCUT2D eigenvalue weighted by atomic mass is 9.96. The molecule has 93 heavy (non-hydrogen) atoms. The van der Waals surface area contributed by atoms with E-state index < -0.39 is 37.6 Å². The fraction of sp³-hybridized carbons (Fsp3) is 0.194. The van der Waals surface area contributed by atoms with Crippen molar-refractivity contribution in [1.82, 2.24) is 19.8 Å². The van der Waals surface area contributed by atoms with Crippen LogP contribution < -0.4 is 28.7 Å². The van der Waals surface area contributed by atoms with Crippen LogP contribution in [0.15, 0.2) is 173 Å². The Morgan fingerprint density at radius 2 is 0.957 bits per heavy atom. The van der Waals surface area contributed by atoms with Crippen molar-refractivity contribution in [2.24, 2.45) is 11.8 Å². The number of hydrogen-bond acceptors (Lipinski definition) is 10. The van der Waals surface area contributed by atoms with Crippen molar-refractivity contribution in [2.45, 2.75) is 38.1 Å². The van der Waals surface area contributed by atoms with Gasteiger partial charge in [-0.25, -0.2) is 25.6 Å². The Morgan fingerprint density at radius 3 is 1.44 bits per heavy atom. The van der Waals surface area contributed by atoms with Gasteiger partial charge in [0.25, 0.3) is 11.8 Å². The van der Waals surface area contributed by atoms with Gasteiger partial charge in [0.1, 0.15) is 45.8 Å². The van der Waals surface area contributed by atoms with E-state index in [4.69, 9.17) is 29.9 Å². The van der Waals surface area contributed by atoms with Crippen LogP contribution in [0, 0.1) is 23.5 Å². The molecule has 2 amide bonds. The molecule has 470 valence electrons. The molecule has 2 fully saturated rings. The molecule has 0 saturated heterocycles. The van der Waals surface area contributed by atoms with Crippen LogP contribution in [0.5, 0.6) is 11.5 Å². The summed E-state index contributed by atoms with van der Waals surface area (Å²) in [5.41, 5.74) is 11.1. The van der Waals surface area contributed by atoms with Crippen molar-refractivity contribution in [3.8, 4) is 78.9 Å². The number of carbonyl (C=O) groups is 2. The van der Waals surface area contributed by atoms with E-state index in [0.29, 0.717) is 83.7 Å². The predicted molar refractivity (Wildman–Crippen MR) is 359 cm³/mol.